The van der Waals surface area contributed by atoms with Gasteiger partial charge in [-0.25, -0.2) is 18.0 Å². The molecule has 3 aromatic heterocycles. The number of carbonyl (C=O) groups is 3. The van der Waals surface area contributed by atoms with Gasteiger partial charge in [0, 0.05) is 62.4 Å². The summed E-state index contributed by atoms with van der Waals surface area (Å²) >= 11 is 0. The van der Waals surface area contributed by atoms with E-state index in [9.17, 15) is 23.6 Å². The normalized spacial score (nSPS) is 23.3. The lowest BCUT2D eigenvalue weighted by molar-refractivity contribution is -0.179. The maximum Gasteiger partial charge on any atom is 0.329 e. The van der Waals surface area contributed by atoms with Crippen molar-refractivity contribution in [2.24, 2.45) is 18.4 Å². The van der Waals surface area contributed by atoms with E-state index in [4.69, 9.17) is 9.84 Å². The Bertz CT molecular complexity index is 2550. The SMILES string of the molecule is COc1cc2nn(C3CCC(CN4CCC5(CCN(c6cccc7c6n(C)c(=O)n7C6CCC(=O)NC6=O)CC5)C(F)(F)C4)CC3)cc2cc1NC(=O)c1cncc(F)c1. The van der Waals surface area contributed by atoms with E-state index in [1.165, 1.54) is 22.4 Å². The number of ether oxygens (including phenoxy) is 1. The second-order valence-electron chi connectivity index (χ2n) is 17.0. The van der Waals surface area contributed by atoms with Crippen LogP contribution >= 0.6 is 0 Å². The maximum absolute atomic E-state index is 16.3. The number of anilines is 2. The molecule has 2 aromatic carbocycles. The zero-order valence-electron chi connectivity index (χ0n) is 33.6. The largest absolute Gasteiger partial charge is 0.494 e. The molecule has 316 valence electrons. The first-order valence-electron chi connectivity index (χ1n) is 20.7. The maximum atomic E-state index is 16.3. The highest BCUT2D eigenvalue weighted by molar-refractivity contribution is 6.06. The number of halogens is 3. The molecule has 4 aliphatic rings. The molecule has 0 radical (unpaired) electrons. The van der Waals surface area contributed by atoms with Crippen LogP contribution in [0.25, 0.3) is 21.9 Å². The molecule has 3 aliphatic heterocycles. The fraction of sp³-hybridized carbons (Fsp3) is 0.488. The molecule has 1 unspecified atom stereocenters. The monoisotopic (exact) mass is 827 g/mol. The Labute approximate surface area is 343 Å². The van der Waals surface area contributed by atoms with Gasteiger partial charge in [0.1, 0.15) is 17.6 Å². The van der Waals surface area contributed by atoms with E-state index < -0.39 is 35.0 Å². The lowest BCUT2D eigenvalue weighted by Gasteiger charge is -2.52. The molecule has 5 aromatic rings. The van der Waals surface area contributed by atoms with Gasteiger partial charge in [0.2, 0.25) is 11.8 Å². The average molecular weight is 828 g/mol. The number of aryl methyl sites for hydroxylation is 1. The summed E-state index contributed by atoms with van der Waals surface area (Å²) in [5.74, 6) is -4.11. The van der Waals surface area contributed by atoms with Crippen molar-refractivity contribution in [3.05, 3.63) is 76.9 Å². The average Bonchev–Trinajstić information content (AvgIpc) is 3.76. The number of hydrogen-bond acceptors (Lipinski definition) is 9. The van der Waals surface area contributed by atoms with Gasteiger partial charge in [0.15, 0.2) is 0 Å². The minimum atomic E-state index is -2.86. The smallest absolute Gasteiger partial charge is 0.329 e. The molecule has 1 spiro atoms. The Hall–Kier alpha value is -5.71. The number of nitrogens with zero attached hydrogens (tertiary/aromatic N) is 7. The summed E-state index contributed by atoms with van der Waals surface area (Å²) in [6.07, 6.45) is 9.27. The van der Waals surface area contributed by atoms with Crippen molar-refractivity contribution in [2.75, 3.05) is 50.1 Å². The summed E-state index contributed by atoms with van der Waals surface area (Å²) in [4.78, 5) is 58.6. The zero-order chi connectivity index (χ0) is 41.9. The summed E-state index contributed by atoms with van der Waals surface area (Å²) in [6.45, 7) is 1.84. The Kier molecular flexibility index (Phi) is 10.2. The highest BCUT2D eigenvalue weighted by atomic mass is 19.3. The van der Waals surface area contributed by atoms with Gasteiger partial charge in [-0.15, -0.1) is 0 Å². The third-order valence-electron chi connectivity index (χ3n) is 13.5. The second kappa shape index (κ2) is 15.4. The molecule has 1 atom stereocenters. The lowest BCUT2D eigenvalue weighted by atomic mass is 9.68. The van der Waals surface area contributed by atoms with E-state index in [1.807, 2.05) is 27.9 Å². The molecule has 1 saturated carbocycles. The molecule has 6 heterocycles. The van der Waals surface area contributed by atoms with E-state index in [0.717, 1.165) is 49.0 Å². The van der Waals surface area contributed by atoms with Crippen molar-refractivity contribution in [1.82, 2.24) is 34.1 Å². The third-order valence-corrected chi connectivity index (χ3v) is 13.5. The molecule has 2 N–H and O–H groups in total. The van der Waals surface area contributed by atoms with Crippen molar-refractivity contribution in [3.8, 4) is 5.75 Å². The summed E-state index contributed by atoms with van der Waals surface area (Å²) in [6, 6.07) is 9.54. The predicted molar refractivity (Wildman–Crippen MR) is 218 cm³/mol. The first-order chi connectivity index (χ1) is 28.8. The number of imidazole rings is 1. The van der Waals surface area contributed by atoms with Gasteiger partial charge in [-0.1, -0.05) is 6.07 Å². The Balaban J connectivity index is 0.807. The predicted octanol–water partition coefficient (Wildman–Crippen LogP) is 5.82. The summed E-state index contributed by atoms with van der Waals surface area (Å²) < 4.78 is 56.8. The molecular formula is C43H48F3N9O5. The number of alkyl halides is 2. The Morgan fingerprint density at radius 2 is 1.77 bits per heavy atom. The van der Waals surface area contributed by atoms with E-state index in [0.29, 0.717) is 79.3 Å². The fourth-order valence-corrected chi connectivity index (χ4v) is 10.1. The molecule has 60 heavy (non-hydrogen) atoms. The van der Waals surface area contributed by atoms with Gasteiger partial charge < -0.3 is 15.0 Å². The number of amides is 3. The number of aromatic nitrogens is 5. The highest BCUT2D eigenvalue weighted by Crippen LogP contribution is 2.52. The van der Waals surface area contributed by atoms with Gasteiger partial charge in [0.25, 0.3) is 11.8 Å². The number of methoxy groups -OCH3 is 1. The number of pyridine rings is 1. The number of fused-ring (bicyclic) bond motifs is 2. The summed E-state index contributed by atoms with van der Waals surface area (Å²) in [7, 11) is 3.16. The van der Waals surface area contributed by atoms with Crippen molar-refractivity contribution in [2.45, 2.75) is 75.8 Å². The van der Waals surface area contributed by atoms with Crippen LogP contribution in [0, 0.1) is 17.2 Å². The quantitative estimate of drug-likeness (QED) is 0.185. The van der Waals surface area contributed by atoms with Crippen LogP contribution < -0.4 is 26.0 Å². The lowest BCUT2D eigenvalue weighted by Crippen LogP contribution is -2.59. The molecule has 4 fully saturated rings. The molecular weight excluding hydrogens is 780 g/mol. The molecule has 0 bridgehead atoms. The molecule has 3 saturated heterocycles. The van der Waals surface area contributed by atoms with Gasteiger partial charge in [-0.3, -0.25) is 43.4 Å². The van der Waals surface area contributed by atoms with Gasteiger partial charge in [-0.05, 0) is 88.1 Å². The van der Waals surface area contributed by atoms with E-state index >= 15 is 8.78 Å². The van der Waals surface area contributed by atoms with Gasteiger partial charge >= 0.3 is 5.69 Å². The number of para-hydroxylation sites is 1. The van der Waals surface area contributed by atoms with Crippen molar-refractivity contribution in [1.29, 1.82) is 0 Å². The van der Waals surface area contributed by atoms with Crippen molar-refractivity contribution >= 4 is 51.0 Å². The van der Waals surface area contributed by atoms with Crippen LogP contribution in [0.5, 0.6) is 5.75 Å². The minimum absolute atomic E-state index is 0.0851. The first-order valence-corrected chi connectivity index (χ1v) is 20.7. The standard InChI is InChI=1S/C43H48F3N9O5/c1-51-38-33(4-3-5-34(38)55(41(51)59)35-10-11-37(56)49-40(35)58)53-16-13-42(14-17-53)12-15-52(25-43(42,45)46)23-26-6-8-30(9-7-26)54-24-28-19-32(36(60-2)20-31(28)50-54)48-39(57)27-18-29(44)22-47-21-27/h3-5,18-22,24,26,30,35H,6-17,23,25H2,1-2H3,(H,48,57)(H,49,56,58). The van der Waals surface area contributed by atoms with Crippen LogP contribution in [-0.2, 0) is 16.6 Å². The molecule has 1 aliphatic carbocycles. The van der Waals surface area contributed by atoms with Crippen LogP contribution in [-0.4, -0.2) is 92.3 Å². The summed E-state index contributed by atoms with van der Waals surface area (Å²) in [5, 5.41) is 10.8. The Morgan fingerprint density at radius 1 is 1.00 bits per heavy atom. The van der Waals surface area contributed by atoms with E-state index in [2.05, 4.69) is 20.5 Å². The number of carbonyl (C=O) groups excluding carboxylic acids is 3. The molecule has 14 nitrogen and oxygen atoms in total. The van der Waals surface area contributed by atoms with Crippen molar-refractivity contribution < 1.29 is 32.3 Å². The number of rotatable bonds is 8. The van der Waals surface area contributed by atoms with E-state index in [1.54, 1.807) is 25.2 Å². The van der Waals surface area contributed by atoms with Crippen molar-refractivity contribution in [3.63, 3.8) is 0 Å². The fourth-order valence-electron chi connectivity index (χ4n) is 10.1. The number of likely N-dealkylation sites (tertiary alicyclic amines) is 1. The van der Waals surface area contributed by atoms with Gasteiger partial charge in [0.05, 0.1) is 59.4 Å². The molecule has 17 heteroatoms. The van der Waals surface area contributed by atoms with Crippen LogP contribution in [0.2, 0.25) is 0 Å². The van der Waals surface area contributed by atoms with E-state index in [-0.39, 0.29) is 42.6 Å². The Morgan fingerprint density at radius 3 is 2.48 bits per heavy atom. The highest BCUT2D eigenvalue weighted by Gasteiger charge is 2.57. The number of hydrogen-bond donors (Lipinski definition) is 2. The molecule has 9 rings (SSSR count). The van der Waals surface area contributed by atoms with Crippen LogP contribution in [0.15, 0.2) is 59.8 Å². The van der Waals surface area contributed by atoms with Crippen LogP contribution in [0.1, 0.15) is 80.2 Å². The van der Waals surface area contributed by atoms with Crippen LogP contribution in [0.4, 0.5) is 24.5 Å². The zero-order valence-corrected chi connectivity index (χ0v) is 33.6. The third kappa shape index (κ3) is 7.09. The molecule has 3 amide bonds. The minimum Gasteiger partial charge on any atom is -0.494 e. The number of benzene rings is 2. The summed E-state index contributed by atoms with van der Waals surface area (Å²) in [5.41, 5.74) is 1.78. The van der Waals surface area contributed by atoms with Gasteiger partial charge in [-0.2, -0.15) is 5.10 Å². The number of imide groups is 1. The first kappa shape index (κ1) is 39.7. The van der Waals surface area contributed by atoms with Crippen LogP contribution in [0.3, 0.4) is 0 Å². The number of piperidine rings is 3. The number of nitrogens with one attached hydrogen (secondary N) is 2. The second-order valence-corrected chi connectivity index (χ2v) is 17.0. The topological polar surface area (TPSA) is 149 Å².